The zero-order valence-electron chi connectivity index (χ0n) is 10.1. The molecule has 2 nitrogen and oxygen atoms in total. The third kappa shape index (κ3) is 2.71. The van der Waals surface area contributed by atoms with E-state index >= 15 is 0 Å². The van der Waals surface area contributed by atoms with Crippen molar-refractivity contribution in [2.45, 2.75) is 23.8 Å². The fourth-order valence-electron chi connectivity index (χ4n) is 2.22. The van der Waals surface area contributed by atoms with E-state index in [1.165, 1.54) is 36.5 Å². The van der Waals surface area contributed by atoms with Gasteiger partial charge in [0.25, 0.3) is 0 Å². The van der Waals surface area contributed by atoms with Crippen molar-refractivity contribution in [1.29, 1.82) is 0 Å². The van der Waals surface area contributed by atoms with E-state index < -0.39 is 0 Å². The monoisotopic (exact) mass is 236 g/mol. The van der Waals surface area contributed by atoms with E-state index in [-0.39, 0.29) is 0 Å². The van der Waals surface area contributed by atoms with Gasteiger partial charge in [0.2, 0.25) is 0 Å². The van der Waals surface area contributed by atoms with Gasteiger partial charge in [0.15, 0.2) is 0 Å². The van der Waals surface area contributed by atoms with Crippen LogP contribution in [0.4, 0.5) is 5.69 Å². The average molecular weight is 236 g/mol. The molecule has 0 radical (unpaired) electrons. The minimum atomic E-state index is 0.710. The maximum Gasteiger partial charge on any atom is 0.0366 e. The molecule has 0 unspecified atom stereocenters. The predicted octanol–water partition coefficient (Wildman–Crippen LogP) is 2.60. The van der Waals surface area contributed by atoms with E-state index in [9.17, 15) is 0 Å². The maximum atomic E-state index is 3.36. The molecular formula is C13H20N2S. The Morgan fingerprint density at radius 3 is 2.31 bits per heavy atom. The number of anilines is 1. The Kier molecular flexibility index (Phi) is 4.13. The molecule has 16 heavy (non-hydrogen) atoms. The van der Waals surface area contributed by atoms with Gasteiger partial charge in [-0.3, -0.25) is 0 Å². The van der Waals surface area contributed by atoms with Crippen molar-refractivity contribution in [3.05, 3.63) is 24.3 Å². The van der Waals surface area contributed by atoms with Crippen LogP contribution in [-0.2, 0) is 0 Å². The highest BCUT2D eigenvalue weighted by Crippen LogP contribution is 2.23. The lowest BCUT2D eigenvalue weighted by molar-refractivity contribution is 0.442. The molecule has 0 atom stereocenters. The van der Waals surface area contributed by atoms with E-state index in [4.69, 9.17) is 0 Å². The van der Waals surface area contributed by atoms with Crippen molar-refractivity contribution < 1.29 is 0 Å². The molecular weight excluding hydrogens is 216 g/mol. The lowest BCUT2D eigenvalue weighted by Crippen LogP contribution is -2.41. The second-order valence-corrected chi connectivity index (χ2v) is 5.13. The smallest absolute Gasteiger partial charge is 0.0366 e. The van der Waals surface area contributed by atoms with Gasteiger partial charge in [-0.05, 0) is 50.4 Å². The standard InChI is InChI=1S/C13H20N2S/c1-14-11-7-9-15(10-8-11)12-3-5-13(16-2)6-4-12/h3-6,11,14H,7-10H2,1-2H3. The van der Waals surface area contributed by atoms with Gasteiger partial charge in [-0.15, -0.1) is 11.8 Å². The molecule has 3 heteroatoms. The van der Waals surface area contributed by atoms with Crippen molar-refractivity contribution in [3.63, 3.8) is 0 Å². The Bertz CT molecular complexity index is 315. The number of nitrogens with zero attached hydrogens (tertiary/aromatic N) is 1. The molecule has 88 valence electrons. The predicted molar refractivity (Wildman–Crippen MR) is 72.5 cm³/mol. The van der Waals surface area contributed by atoms with Crippen LogP contribution in [0.25, 0.3) is 0 Å². The first-order valence-corrected chi connectivity index (χ1v) is 7.12. The Balaban J connectivity index is 1.97. The molecule has 1 aromatic carbocycles. The summed E-state index contributed by atoms with van der Waals surface area (Å²) in [4.78, 5) is 3.83. The number of piperidine rings is 1. The molecule has 1 aliphatic rings. The first kappa shape index (κ1) is 11.8. The Morgan fingerprint density at radius 1 is 1.19 bits per heavy atom. The molecule has 0 spiro atoms. The highest BCUT2D eigenvalue weighted by Gasteiger charge is 2.17. The molecule has 0 saturated carbocycles. The van der Waals surface area contributed by atoms with E-state index in [1.54, 1.807) is 11.8 Å². The summed E-state index contributed by atoms with van der Waals surface area (Å²) in [5.41, 5.74) is 1.37. The highest BCUT2D eigenvalue weighted by molar-refractivity contribution is 7.98. The zero-order valence-corrected chi connectivity index (χ0v) is 10.9. The Morgan fingerprint density at radius 2 is 1.81 bits per heavy atom. The van der Waals surface area contributed by atoms with Crippen molar-refractivity contribution in [3.8, 4) is 0 Å². The molecule has 1 heterocycles. The summed E-state index contributed by atoms with van der Waals surface area (Å²) in [6.07, 6.45) is 4.62. The van der Waals surface area contributed by atoms with Crippen molar-refractivity contribution in [1.82, 2.24) is 5.32 Å². The number of benzene rings is 1. The molecule has 0 aromatic heterocycles. The average Bonchev–Trinajstić information content (AvgIpc) is 2.39. The number of rotatable bonds is 3. The van der Waals surface area contributed by atoms with Gasteiger partial charge in [-0.2, -0.15) is 0 Å². The second kappa shape index (κ2) is 5.60. The van der Waals surface area contributed by atoms with Gasteiger partial charge in [0.1, 0.15) is 0 Å². The summed E-state index contributed by atoms with van der Waals surface area (Å²) < 4.78 is 0. The van der Waals surface area contributed by atoms with Gasteiger partial charge in [-0.25, -0.2) is 0 Å². The van der Waals surface area contributed by atoms with Crippen molar-refractivity contribution in [2.75, 3.05) is 31.3 Å². The van der Waals surface area contributed by atoms with Crippen LogP contribution < -0.4 is 10.2 Å². The molecule has 1 N–H and O–H groups in total. The molecule has 1 aliphatic heterocycles. The quantitative estimate of drug-likeness (QED) is 0.812. The van der Waals surface area contributed by atoms with E-state index in [0.717, 1.165) is 0 Å². The molecule has 0 bridgehead atoms. The van der Waals surface area contributed by atoms with Crippen molar-refractivity contribution in [2.24, 2.45) is 0 Å². The summed E-state index contributed by atoms with van der Waals surface area (Å²) >= 11 is 1.80. The summed E-state index contributed by atoms with van der Waals surface area (Å²) in [5, 5.41) is 3.36. The minimum Gasteiger partial charge on any atom is -0.371 e. The first-order chi connectivity index (χ1) is 7.83. The van der Waals surface area contributed by atoms with Crippen LogP contribution in [0.15, 0.2) is 29.2 Å². The Hall–Kier alpha value is -0.670. The van der Waals surface area contributed by atoms with Crippen molar-refractivity contribution >= 4 is 17.4 Å². The summed E-state index contributed by atoms with van der Waals surface area (Å²) in [5.74, 6) is 0. The van der Waals surface area contributed by atoms with Crippen LogP contribution in [0, 0.1) is 0 Å². The number of nitrogens with one attached hydrogen (secondary N) is 1. The molecule has 2 rings (SSSR count). The number of thioether (sulfide) groups is 1. The topological polar surface area (TPSA) is 15.3 Å². The molecule has 1 aromatic rings. The SMILES string of the molecule is CNC1CCN(c2ccc(SC)cc2)CC1. The normalized spacial score (nSPS) is 17.8. The summed E-state index contributed by atoms with van der Waals surface area (Å²) in [6.45, 7) is 2.34. The summed E-state index contributed by atoms with van der Waals surface area (Å²) in [7, 11) is 2.06. The van der Waals surface area contributed by atoms with Gasteiger partial charge in [0.05, 0.1) is 0 Å². The highest BCUT2D eigenvalue weighted by atomic mass is 32.2. The summed E-state index contributed by atoms with van der Waals surface area (Å²) in [6, 6.07) is 9.62. The second-order valence-electron chi connectivity index (χ2n) is 4.25. The third-order valence-electron chi connectivity index (χ3n) is 3.34. The largest absolute Gasteiger partial charge is 0.371 e. The van der Waals surface area contributed by atoms with Crippen LogP contribution >= 0.6 is 11.8 Å². The van der Waals surface area contributed by atoms with Crippen LogP contribution in [0.2, 0.25) is 0 Å². The van der Waals surface area contributed by atoms with Gasteiger partial charge < -0.3 is 10.2 Å². The number of hydrogen-bond acceptors (Lipinski definition) is 3. The van der Waals surface area contributed by atoms with Crippen LogP contribution in [0.5, 0.6) is 0 Å². The molecule has 1 saturated heterocycles. The lowest BCUT2D eigenvalue weighted by atomic mass is 10.0. The lowest BCUT2D eigenvalue weighted by Gasteiger charge is -2.33. The fourth-order valence-corrected chi connectivity index (χ4v) is 2.63. The van der Waals surface area contributed by atoms with Gasteiger partial charge >= 0.3 is 0 Å². The third-order valence-corrected chi connectivity index (χ3v) is 4.08. The van der Waals surface area contributed by atoms with E-state index in [1.807, 2.05) is 0 Å². The zero-order chi connectivity index (χ0) is 11.4. The molecule has 0 aliphatic carbocycles. The fraction of sp³-hybridized carbons (Fsp3) is 0.538. The molecule has 0 amide bonds. The van der Waals surface area contributed by atoms with Gasteiger partial charge in [-0.1, -0.05) is 0 Å². The van der Waals surface area contributed by atoms with E-state index in [2.05, 4.69) is 47.8 Å². The first-order valence-electron chi connectivity index (χ1n) is 5.89. The van der Waals surface area contributed by atoms with Crippen LogP contribution in [0.3, 0.4) is 0 Å². The van der Waals surface area contributed by atoms with Crippen LogP contribution in [0.1, 0.15) is 12.8 Å². The molecule has 1 fully saturated rings. The van der Waals surface area contributed by atoms with Crippen LogP contribution in [-0.4, -0.2) is 32.4 Å². The number of hydrogen-bond donors (Lipinski definition) is 1. The maximum absolute atomic E-state index is 3.36. The van der Waals surface area contributed by atoms with E-state index in [0.29, 0.717) is 6.04 Å². The van der Waals surface area contributed by atoms with Gasteiger partial charge in [0, 0.05) is 29.7 Å². The minimum absolute atomic E-state index is 0.710. The Labute approximate surface area is 102 Å².